The number of hydrogen-bond acceptors (Lipinski definition) is 7. The van der Waals surface area contributed by atoms with Crippen LogP contribution in [-0.4, -0.2) is 62.2 Å². The van der Waals surface area contributed by atoms with Crippen molar-refractivity contribution in [3.05, 3.63) is 23.2 Å². The van der Waals surface area contributed by atoms with Crippen molar-refractivity contribution in [3.8, 4) is 0 Å². The van der Waals surface area contributed by atoms with Crippen LogP contribution >= 0.6 is 23.1 Å². The number of aromatic nitrogens is 1. The van der Waals surface area contributed by atoms with Gasteiger partial charge < -0.3 is 14.9 Å². The van der Waals surface area contributed by atoms with Gasteiger partial charge in [-0.2, -0.15) is 0 Å². The van der Waals surface area contributed by atoms with Crippen LogP contribution in [-0.2, 0) is 4.74 Å². The molecular formula is C22H32N2O5S2. The van der Waals surface area contributed by atoms with Crippen LogP contribution in [0.15, 0.2) is 21.9 Å². The SMILES string of the molecule is C[C@@H]1OC(=O)N(CCSc2nc(C(=O)O)cs2)[C@H]1/C=C/CC(C)(O)CC1CCCCC1. The van der Waals surface area contributed by atoms with Crippen LogP contribution < -0.4 is 0 Å². The number of amides is 1. The molecule has 0 spiro atoms. The van der Waals surface area contributed by atoms with Crippen LogP contribution in [0.4, 0.5) is 4.79 Å². The second-order valence-corrected chi connectivity index (χ2v) is 11.0. The van der Waals surface area contributed by atoms with Crippen LogP contribution in [0.1, 0.15) is 69.3 Å². The Hall–Kier alpha value is -1.58. The molecule has 2 aliphatic rings. The Morgan fingerprint density at radius 3 is 2.84 bits per heavy atom. The van der Waals surface area contributed by atoms with E-state index in [2.05, 4.69) is 4.98 Å². The van der Waals surface area contributed by atoms with Gasteiger partial charge in [0.05, 0.1) is 11.6 Å². The van der Waals surface area contributed by atoms with Crippen molar-refractivity contribution in [3.63, 3.8) is 0 Å². The van der Waals surface area contributed by atoms with Crippen molar-refractivity contribution >= 4 is 35.2 Å². The molecule has 1 amide bonds. The summed E-state index contributed by atoms with van der Waals surface area (Å²) in [5.74, 6) is 0.163. The Morgan fingerprint density at radius 2 is 2.16 bits per heavy atom. The highest BCUT2D eigenvalue weighted by molar-refractivity contribution is 8.01. The van der Waals surface area contributed by atoms with Crippen LogP contribution in [0.3, 0.4) is 0 Å². The molecule has 3 rings (SSSR count). The van der Waals surface area contributed by atoms with Gasteiger partial charge in [-0.05, 0) is 32.6 Å². The lowest BCUT2D eigenvalue weighted by Crippen LogP contribution is -2.36. The molecule has 1 aliphatic heterocycles. The largest absolute Gasteiger partial charge is 0.476 e. The number of thiazole rings is 1. The van der Waals surface area contributed by atoms with Crippen LogP contribution in [0, 0.1) is 5.92 Å². The lowest BCUT2D eigenvalue weighted by Gasteiger charge is -2.30. The molecular weight excluding hydrogens is 436 g/mol. The smallest absolute Gasteiger partial charge is 0.410 e. The molecule has 1 aromatic heterocycles. The minimum absolute atomic E-state index is 0.0443. The third-order valence-corrected chi connectivity index (χ3v) is 7.97. The molecule has 1 saturated heterocycles. The van der Waals surface area contributed by atoms with Crippen molar-refractivity contribution in [2.75, 3.05) is 12.3 Å². The second-order valence-electron chi connectivity index (χ2n) is 8.76. The maximum Gasteiger partial charge on any atom is 0.410 e. The number of hydrogen-bond donors (Lipinski definition) is 2. The number of cyclic esters (lactones) is 1. The maximum absolute atomic E-state index is 12.3. The summed E-state index contributed by atoms with van der Waals surface area (Å²) >= 11 is 2.72. The predicted molar refractivity (Wildman–Crippen MR) is 122 cm³/mol. The summed E-state index contributed by atoms with van der Waals surface area (Å²) in [6.07, 6.45) is 11.0. The Kier molecular flexibility index (Phi) is 8.41. The first-order chi connectivity index (χ1) is 14.7. The molecule has 1 aliphatic carbocycles. The molecule has 0 radical (unpaired) electrons. The molecule has 2 N–H and O–H groups in total. The van der Waals surface area contributed by atoms with Gasteiger partial charge in [0, 0.05) is 17.7 Å². The molecule has 1 unspecified atom stereocenters. The highest BCUT2D eigenvalue weighted by Crippen LogP contribution is 2.32. The van der Waals surface area contributed by atoms with E-state index in [1.54, 1.807) is 4.90 Å². The molecule has 31 heavy (non-hydrogen) atoms. The lowest BCUT2D eigenvalue weighted by atomic mass is 9.80. The van der Waals surface area contributed by atoms with Crippen LogP contribution in [0.25, 0.3) is 0 Å². The number of carbonyl (C=O) groups excluding carboxylic acids is 1. The van der Waals surface area contributed by atoms with E-state index in [4.69, 9.17) is 9.84 Å². The van der Waals surface area contributed by atoms with Gasteiger partial charge in [0.2, 0.25) is 0 Å². The number of aromatic carboxylic acids is 1. The minimum atomic E-state index is -1.04. The zero-order valence-electron chi connectivity index (χ0n) is 18.2. The lowest BCUT2D eigenvalue weighted by molar-refractivity contribution is 0.0302. The summed E-state index contributed by atoms with van der Waals surface area (Å²) in [4.78, 5) is 29.0. The normalized spacial score (nSPS) is 24.5. The summed E-state index contributed by atoms with van der Waals surface area (Å²) in [6.45, 7) is 4.25. The second kappa shape index (κ2) is 10.8. The standard InChI is InChI=1S/C22H32N2O5S2/c1-15-18(9-6-10-22(2,28)13-16-7-4-3-5-8-16)24(21(27)29-15)11-12-30-20-23-17(14-31-20)19(25)26/h6,9,14-16,18,28H,3-5,7-8,10-13H2,1-2H3,(H,25,26)/b9-6+/t15-,18-,22?/m0/s1. The number of thioether (sulfide) groups is 1. The van der Waals surface area contributed by atoms with Crippen LogP contribution in [0.5, 0.6) is 0 Å². The van der Waals surface area contributed by atoms with Gasteiger partial charge in [-0.1, -0.05) is 56.0 Å². The predicted octanol–water partition coefficient (Wildman–Crippen LogP) is 4.81. The Labute approximate surface area is 191 Å². The zero-order chi connectivity index (χ0) is 22.4. The van der Waals surface area contributed by atoms with Gasteiger partial charge in [-0.15, -0.1) is 11.3 Å². The fraction of sp³-hybridized carbons (Fsp3) is 0.682. The maximum atomic E-state index is 12.3. The van der Waals surface area contributed by atoms with Gasteiger partial charge in [0.1, 0.15) is 6.10 Å². The topological polar surface area (TPSA) is 100.0 Å². The summed E-state index contributed by atoms with van der Waals surface area (Å²) in [5, 5.41) is 21.3. The van der Waals surface area contributed by atoms with Crippen LogP contribution in [0.2, 0.25) is 0 Å². The van der Waals surface area contributed by atoms with Gasteiger partial charge in [0.25, 0.3) is 0 Å². The Morgan fingerprint density at radius 1 is 1.42 bits per heavy atom. The summed E-state index contributed by atoms with van der Waals surface area (Å²) < 4.78 is 6.07. The molecule has 2 fully saturated rings. The monoisotopic (exact) mass is 468 g/mol. The zero-order valence-corrected chi connectivity index (χ0v) is 19.8. The minimum Gasteiger partial charge on any atom is -0.476 e. The third-order valence-electron chi connectivity index (χ3n) is 5.97. The molecule has 1 saturated carbocycles. The number of aliphatic hydroxyl groups is 1. The molecule has 3 atom stereocenters. The first-order valence-electron chi connectivity index (χ1n) is 10.9. The molecule has 7 nitrogen and oxygen atoms in total. The van der Waals surface area contributed by atoms with E-state index in [1.807, 2.05) is 26.0 Å². The van der Waals surface area contributed by atoms with E-state index in [0.717, 1.165) is 6.42 Å². The average molecular weight is 469 g/mol. The third kappa shape index (κ3) is 6.95. The van der Waals surface area contributed by atoms with Crippen molar-refractivity contribution in [1.29, 1.82) is 0 Å². The van der Waals surface area contributed by atoms with E-state index < -0.39 is 11.6 Å². The van der Waals surface area contributed by atoms with Gasteiger partial charge in [0.15, 0.2) is 10.0 Å². The van der Waals surface area contributed by atoms with E-state index in [0.29, 0.717) is 29.0 Å². The molecule has 9 heteroatoms. The number of nitrogens with zero attached hydrogens (tertiary/aromatic N) is 2. The number of carbonyl (C=O) groups is 2. The molecule has 1 aromatic rings. The fourth-order valence-electron chi connectivity index (χ4n) is 4.38. The van der Waals surface area contributed by atoms with Gasteiger partial charge in [-0.3, -0.25) is 4.90 Å². The molecule has 2 heterocycles. The van der Waals surface area contributed by atoms with E-state index in [9.17, 15) is 14.7 Å². The molecule has 172 valence electrons. The molecule has 0 aromatic carbocycles. The quantitative estimate of drug-likeness (QED) is 0.375. The highest BCUT2D eigenvalue weighted by Gasteiger charge is 2.37. The number of rotatable bonds is 10. The van der Waals surface area contributed by atoms with Crippen molar-refractivity contribution in [1.82, 2.24) is 9.88 Å². The average Bonchev–Trinajstić information content (AvgIpc) is 3.28. The summed E-state index contributed by atoms with van der Waals surface area (Å²) in [5.41, 5.74) is -0.693. The number of carboxylic acid groups (broad SMARTS) is 1. The Bertz CT molecular complexity index is 789. The highest BCUT2D eigenvalue weighted by atomic mass is 32.2. The van der Waals surface area contributed by atoms with Crippen molar-refractivity contribution in [2.45, 2.75) is 80.9 Å². The fourth-order valence-corrected chi connectivity index (χ4v) is 6.19. The van der Waals surface area contributed by atoms with Gasteiger partial charge in [-0.25, -0.2) is 14.6 Å². The van der Waals surface area contributed by atoms with E-state index in [-0.39, 0.29) is 23.9 Å². The van der Waals surface area contributed by atoms with Crippen molar-refractivity contribution < 1.29 is 24.5 Å². The summed E-state index contributed by atoms with van der Waals surface area (Å²) in [6, 6.07) is -0.176. The summed E-state index contributed by atoms with van der Waals surface area (Å²) in [7, 11) is 0. The first-order valence-corrected chi connectivity index (χ1v) is 12.8. The van der Waals surface area contributed by atoms with E-state index >= 15 is 0 Å². The number of ether oxygens (including phenoxy) is 1. The first kappa shape index (κ1) is 24.1. The van der Waals surface area contributed by atoms with Crippen molar-refractivity contribution in [2.24, 2.45) is 5.92 Å². The van der Waals surface area contributed by atoms with E-state index in [1.165, 1.54) is 60.6 Å². The molecule has 0 bridgehead atoms. The van der Waals surface area contributed by atoms with Gasteiger partial charge >= 0.3 is 12.1 Å². The Balaban J connectivity index is 1.50. The number of carboxylic acids is 1.